The molecule has 0 atom stereocenters. The van der Waals surface area contributed by atoms with E-state index in [1.54, 1.807) is 25.3 Å². The molecule has 0 radical (unpaired) electrons. The minimum atomic E-state index is -3.23. The van der Waals surface area contributed by atoms with Gasteiger partial charge in [-0.05, 0) is 49.1 Å². The van der Waals surface area contributed by atoms with Gasteiger partial charge in [-0.3, -0.25) is 9.69 Å². The first kappa shape index (κ1) is 27.5. The van der Waals surface area contributed by atoms with Crippen LogP contribution in [0.2, 0.25) is 10.0 Å². The van der Waals surface area contributed by atoms with Crippen LogP contribution in [0.5, 0.6) is 17.2 Å². The van der Waals surface area contributed by atoms with E-state index >= 15 is 0 Å². The third kappa shape index (κ3) is 7.98. The van der Waals surface area contributed by atoms with Crippen LogP contribution >= 0.6 is 23.2 Å². The maximum atomic E-state index is 12.6. The zero-order valence-corrected chi connectivity index (χ0v) is 22.6. The largest absolute Gasteiger partial charge is 0.496 e. The number of carbonyl (C=O) groups excluding carboxylic acids is 1. The van der Waals surface area contributed by atoms with Crippen LogP contribution in [-0.2, 0) is 14.8 Å². The van der Waals surface area contributed by atoms with Gasteiger partial charge in [0.25, 0.3) is 0 Å². The molecule has 11 heteroatoms. The number of piperidine rings is 1. The zero-order chi connectivity index (χ0) is 25.8. The molecule has 3 rings (SSSR count). The summed E-state index contributed by atoms with van der Waals surface area (Å²) in [7, 11) is -1.61. The summed E-state index contributed by atoms with van der Waals surface area (Å²) in [6.45, 7) is 5.55. The first-order valence-corrected chi connectivity index (χ1v) is 13.9. The highest BCUT2D eigenvalue weighted by molar-refractivity contribution is 7.88. The number of rotatable bonds is 9. The maximum Gasteiger partial charge on any atom is 0.238 e. The molecule has 2 aromatic carbocycles. The van der Waals surface area contributed by atoms with Crippen molar-refractivity contribution in [1.82, 2.24) is 9.62 Å². The number of anilines is 1. The van der Waals surface area contributed by atoms with Gasteiger partial charge >= 0.3 is 0 Å². The molecule has 1 saturated heterocycles. The average Bonchev–Trinajstić information content (AvgIpc) is 2.76. The standard InChI is InChI=1S/C24H31Cl2N3O5S/c1-15(2)19-13-18(5-6-22(19)33-3)34-24-20(25)11-17(12-21(24)26)27-23(30)14-29-9-7-16(8-10-29)28-35(4,31)32/h5-6,11-13,15-16,28H,7-10,14H2,1-4H3,(H,27,30). The van der Waals surface area contributed by atoms with Gasteiger partial charge in [0.05, 0.1) is 30.0 Å². The molecule has 0 aliphatic carbocycles. The molecular formula is C24H31Cl2N3O5S. The van der Waals surface area contributed by atoms with E-state index in [4.69, 9.17) is 32.7 Å². The molecule has 8 nitrogen and oxygen atoms in total. The number of likely N-dealkylation sites (tertiary alicyclic amines) is 1. The number of nitrogens with zero attached hydrogens (tertiary/aromatic N) is 1. The Balaban J connectivity index is 1.61. The molecule has 0 spiro atoms. The van der Waals surface area contributed by atoms with Crippen LogP contribution in [0.3, 0.4) is 0 Å². The SMILES string of the molecule is COc1ccc(Oc2c(Cl)cc(NC(=O)CN3CCC(NS(C)(=O)=O)CC3)cc2Cl)cc1C(C)C. The highest BCUT2D eigenvalue weighted by Gasteiger charge is 2.23. The van der Waals surface area contributed by atoms with Crippen molar-refractivity contribution in [3.63, 3.8) is 0 Å². The quantitative estimate of drug-likeness (QED) is 0.468. The average molecular weight is 545 g/mol. The molecule has 1 fully saturated rings. The van der Waals surface area contributed by atoms with E-state index in [1.807, 2.05) is 17.0 Å². The molecule has 35 heavy (non-hydrogen) atoms. The van der Waals surface area contributed by atoms with Gasteiger partial charge in [-0.2, -0.15) is 0 Å². The van der Waals surface area contributed by atoms with E-state index in [0.717, 1.165) is 17.6 Å². The molecule has 1 aliphatic heterocycles. The summed E-state index contributed by atoms with van der Waals surface area (Å²) >= 11 is 12.9. The first-order chi connectivity index (χ1) is 16.4. The molecule has 0 bridgehead atoms. The molecule has 1 heterocycles. The topological polar surface area (TPSA) is 97.0 Å². The zero-order valence-electron chi connectivity index (χ0n) is 20.2. The summed E-state index contributed by atoms with van der Waals surface area (Å²) in [5, 5.41) is 3.35. The Kier molecular flexibility index (Phi) is 9.28. The lowest BCUT2D eigenvalue weighted by molar-refractivity contribution is -0.117. The molecule has 1 aliphatic rings. The van der Waals surface area contributed by atoms with Crippen LogP contribution in [0, 0.1) is 0 Å². The van der Waals surface area contributed by atoms with Gasteiger partial charge in [0, 0.05) is 30.4 Å². The molecular weight excluding hydrogens is 513 g/mol. The van der Waals surface area contributed by atoms with Crippen LogP contribution < -0.4 is 19.5 Å². The van der Waals surface area contributed by atoms with Crippen molar-refractivity contribution in [3.05, 3.63) is 45.9 Å². The smallest absolute Gasteiger partial charge is 0.238 e. The Bertz CT molecular complexity index is 1140. The van der Waals surface area contributed by atoms with Gasteiger partial charge in [-0.15, -0.1) is 0 Å². The number of ether oxygens (including phenoxy) is 2. The third-order valence-electron chi connectivity index (χ3n) is 5.66. The molecule has 0 aromatic heterocycles. The number of methoxy groups -OCH3 is 1. The van der Waals surface area contributed by atoms with Crippen molar-refractivity contribution in [3.8, 4) is 17.2 Å². The second kappa shape index (κ2) is 11.8. The van der Waals surface area contributed by atoms with E-state index < -0.39 is 10.0 Å². The lowest BCUT2D eigenvalue weighted by atomic mass is 10.0. The third-order valence-corrected chi connectivity index (χ3v) is 6.98. The lowest BCUT2D eigenvalue weighted by Crippen LogP contribution is -2.46. The second-order valence-corrected chi connectivity index (χ2v) is 11.5. The van der Waals surface area contributed by atoms with Gasteiger partial charge in [-0.1, -0.05) is 37.0 Å². The van der Waals surface area contributed by atoms with E-state index in [9.17, 15) is 13.2 Å². The van der Waals surface area contributed by atoms with Gasteiger partial charge in [0.2, 0.25) is 15.9 Å². The first-order valence-electron chi connectivity index (χ1n) is 11.3. The molecule has 192 valence electrons. The number of nitrogens with one attached hydrogen (secondary N) is 2. The Morgan fingerprint density at radius 1 is 1.14 bits per heavy atom. The molecule has 2 aromatic rings. The summed E-state index contributed by atoms with van der Waals surface area (Å²) in [6.07, 6.45) is 2.45. The number of hydrogen-bond donors (Lipinski definition) is 2. The summed E-state index contributed by atoms with van der Waals surface area (Å²) in [5.41, 5.74) is 1.46. The van der Waals surface area contributed by atoms with Crippen molar-refractivity contribution >= 4 is 44.8 Å². The molecule has 2 N–H and O–H groups in total. The Morgan fingerprint density at radius 2 is 1.77 bits per heavy atom. The van der Waals surface area contributed by atoms with Crippen LogP contribution in [-0.4, -0.2) is 58.3 Å². The molecule has 0 saturated carbocycles. The van der Waals surface area contributed by atoms with E-state index in [0.29, 0.717) is 43.1 Å². The highest BCUT2D eigenvalue weighted by atomic mass is 35.5. The van der Waals surface area contributed by atoms with Crippen molar-refractivity contribution in [1.29, 1.82) is 0 Å². The minimum absolute atomic E-state index is 0.100. The number of benzene rings is 2. The van der Waals surface area contributed by atoms with Gasteiger partial charge in [0.15, 0.2) is 5.75 Å². The predicted molar refractivity (Wildman–Crippen MR) is 140 cm³/mol. The fourth-order valence-electron chi connectivity index (χ4n) is 3.99. The number of sulfonamides is 1. The fourth-order valence-corrected chi connectivity index (χ4v) is 5.40. The van der Waals surface area contributed by atoms with E-state index in [-0.39, 0.29) is 34.5 Å². The van der Waals surface area contributed by atoms with E-state index in [1.165, 1.54) is 0 Å². The molecule has 0 unspecified atom stereocenters. The summed E-state index contributed by atoms with van der Waals surface area (Å²) in [4.78, 5) is 14.5. The van der Waals surface area contributed by atoms with Crippen molar-refractivity contribution in [2.24, 2.45) is 0 Å². The second-order valence-electron chi connectivity index (χ2n) is 8.92. The van der Waals surface area contributed by atoms with Crippen LogP contribution in [0.15, 0.2) is 30.3 Å². The van der Waals surface area contributed by atoms with Crippen LogP contribution in [0.1, 0.15) is 38.2 Å². The van der Waals surface area contributed by atoms with Crippen LogP contribution in [0.25, 0.3) is 0 Å². The summed E-state index contributed by atoms with van der Waals surface area (Å²) < 4.78 is 36.8. The summed E-state index contributed by atoms with van der Waals surface area (Å²) in [5.74, 6) is 1.67. The Labute approximate surface area is 216 Å². The van der Waals surface area contributed by atoms with Gasteiger partial charge in [-0.25, -0.2) is 13.1 Å². The Morgan fingerprint density at radius 3 is 2.31 bits per heavy atom. The number of halogens is 2. The van der Waals surface area contributed by atoms with Gasteiger partial charge in [0.1, 0.15) is 11.5 Å². The highest BCUT2D eigenvalue weighted by Crippen LogP contribution is 2.40. The van der Waals surface area contributed by atoms with Gasteiger partial charge < -0.3 is 14.8 Å². The Hall–Kier alpha value is -2.04. The monoisotopic (exact) mass is 543 g/mol. The minimum Gasteiger partial charge on any atom is -0.496 e. The van der Waals surface area contributed by atoms with Crippen molar-refractivity contribution in [2.75, 3.05) is 38.3 Å². The molecule has 1 amide bonds. The van der Waals surface area contributed by atoms with E-state index in [2.05, 4.69) is 23.9 Å². The summed E-state index contributed by atoms with van der Waals surface area (Å²) in [6, 6.07) is 8.59. The predicted octanol–water partition coefficient (Wildman–Crippen LogP) is 4.87. The van der Waals surface area contributed by atoms with Crippen molar-refractivity contribution < 1.29 is 22.7 Å². The fraction of sp³-hybridized carbons (Fsp3) is 0.458. The maximum absolute atomic E-state index is 12.6. The number of amides is 1. The van der Waals surface area contributed by atoms with Crippen molar-refractivity contribution in [2.45, 2.75) is 38.6 Å². The number of carbonyl (C=O) groups is 1. The lowest BCUT2D eigenvalue weighted by Gasteiger charge is -2.31. The van der Waals surface area contributed by atoms with Crippen LogP contribution in [0.4, 0.5) is 5.69 Å². The number of hydrogen-bond acceptors (Lipinski definition) is 6. The normalized spacial score (nSPS) is 15.3.